The lowest BCUT2D eigenvalue weighted by atomic mass is 9.79. The highest BCUT2D eigenvalue weighted by Gasteiger charge is 2.35. The van der Waals surface area contributed by atoms with Crippen LogP contribution in [0, 0.1) is 11.2 Å². The van der Waals surface area contributed by atoms with Crippen molar-refractivity contribution in [3.8, 4) is 0 Å². The number of hydrogen-bond acceptors (Lipinski definition) is 2. The third-order valence-electron chi connectivity index (χ3n) is 3.77. The van der Waals surface area contributed by atoms with Gasteiger partial charge in [0.1, 0.15) is 5.82 Å². The van der Waals surface area contributed by atoms with Crippen molar-refractivity contribution in [2.45, 2.75) is 26.3 Å². The fourth-order valence-corrected chi connectivity index (χ4v) is 2.54. The summed E-state index contributed by atoms with van der Waals surface area (Å²) in [5.74, 6) is -0.638. The molecule has 1 amide bonds. The summed E-state index contributed by atoms with van der Waals surface area (Å²) in [4.78, 5) is 14.1. The summed E-state index contributed by atoms with van der Waals surface area (Å²) in [5.41, 5.74) is 6.35. The van der Waals surface area contributed by atoms with Gasteiger partial charge >= 0.3 is 0 Å². The van der Waals surface area contributed by atoms with Crippen molar-refractivity contribution >= 4 is 17.5 Å². The molecule has 0 bridgehead atoms. The molecule has 1 heterocycles. The summed E-state index contributed by atoms with van der Waals surface area (Å²) >= 11 is 5.71. The molecular formula is C14H18ClFN2O. The number of nitrogens with zero attached hydrogens (tertiary/aromatic N) is 1. The predicted octanol–water partition coefficient (Wildman–Crippen LogP) is 2.68. The Morgan fingerprint density at radius 2 is 2.21 bits per heavy atom. The van der Waals surface area contributed by atoms with Crippen LogP contribution in [-0.4, -0.2) is 29.9 Å². The predicted molar refractivity (Wildman–Crippen MR) is 73.7 cm³/mol. The van der Waals surface area contributed by atoms with Crippen LogP contribution in [0.1, 0.15) is 30.6 Å². The topological polar surface area (TPSA) is 46.3 Å². The Bertz CT molecular complexity index is 504. The average Bonchev–Trinajstić information content (AvgIpc) is 2.35. The number of piperidine rings is 1. The van der Waals surface area contributed by atoms with Crippen LogP contribution in [-0.2, 0) is 0 Å². The van der Waals surface area contributed by atoms with Crippen molar-refractivity contribution in [1.29, 1.82) is 0 Å². The molecule has 1 aromatic rings. The smallest absolute Gasteiger partial charge is 0.253 e. The molecule has 0 spiro atoms. The summed E-state index contributed by atoms with van der Waals surface area (Å²) in [6, 6.07) is 4.15. The maximum atomic E-state index is 13.1. The minimum Gasteiger partial charge on any atom is -0.338 e. The van der Waals surface area contributed by atoms with Gasteiger partial charge in [-0.2, -0.15) is 0 Å². The molecule has 104 valence electrons. The van der Waals surface area contributed by atoms with Crippen LogP contribution >= 0.6 is 11.6 Å². The van der Waals surface area contributed by atoms with Crippen LogP contribution in [0.2, 0.25) is 5.02 Å². The normalized spacial score (nSPS) is 22.4. The number of halogens is 2. The lowest BCUT2D eigenvalue weighted by molar-refractivity contribution is 0.0533. The van der Waals surface area contributed by atoms with Crippen LogP contribution < -0.4 is 5.73 Å². The van der Waals surface area contributed by atoms with Gasteiger partial charge in [-0.25, -0.2) is 4.39 Å². The van der Waals surface area contributed by atoms with Crippen LogP contribution in [0.15, 0.2) is 18.2 Å². The first kappa shape index (κ1) is 14.3. The van der Waals surface area contributed by atoms with Gasteiger partial charge in [0.15, 0.2) is 0 Å². The summed E-state index contributed by atoms with van der Waals surface area (Å²) in [6.07, 6.45) is 0.771. The van der Waals surface area contributed by atoms with Crippen LogP contribution in [0.25, 0.3) is 0 Å². The Morgan fingerprint density at radius 3 is 2.79 bits per heavy atom. The van der Waals surface area contributed by atoms with Gasteiger partial charge in [-0.15, -0.1) is 0 Å². The number of likely N-dealkylation sites (tertiary alicyclic amines) is 1. The van der Waals surface area contributed by atoms with Gasteiger partial charge in [0.05, 0.1) is 5.02 Å². The number of rotatable bonds is 1. The number of benzene rings is 1. The van der Waals surface area contributed by atoms with Gasteiger partial charge in [0, 0.05) is 24.7 Å². The van der Waals surface area contributed by atoms with Crippen molar-refractivity contribution in [3.63, 3.8) is 0 Å². The van der Waals surface area contributed by atoms with E-state index in [0.29, 0.717) is 18.7 Å². The SMILES string of the molecule is CC1(C)CN(C(=O)c2ccc(F)c(Cl)c2)CCC1N. The molecule has 1 aromatic carbocycles. The lowest BCUT2D eigenvalue weighted by Gasteiger charge is -2.42. The van der Waals surface area contributed by atoms with E-state index in [-0.39, 0.29) is 22.4 Å². The van der Waals surface area contributed by atoms with E-state index in [2.05, 4.69) is 13.8 Å². The van der Waals surface area contributed by atoms with Gasteiger partial charge in [-0.05, 0) is 30.0 Å². The van der Waals surface area contributed by atoms with E-state index in [0.717, 1.165) is 6.42 Å². The molecule has 1 unspecified atom stereocenters. The molecule has 3 nitrogen and oxygen atoms in total. The zero-order valence-corrected chi connectivity index (χ0v) is 11.9. The summed E-state index contributed by atoms with van der Waals surface area (Å²) in [7, 11) is 0. The van der Waals surface area contributed by atoms with Gasteiger partial charge in [-0.1, -0.05) is 25.4 Å². The number of nitrogens with two attached hydrogens (primary N) is 1. The molecule has 2 rings (SSSR count). The fourth-order valence-electron chi connectivity index (χ4n) is 2.36. The van der Waals surface area contributed by atoms with Gasteiger partial charge in [0.25, 0.3) is 5.91 Å². The van der Waals surface area contributed by atoms with Crippen molar-refractivity contribution in [2.24, 2.45) is 11.1 Å². The zero-order valence-electron chi connectivity index (χ0n) is 11.1. The molecule has 5 heteroatoms. The fraction of sp³-hybridized carbons (Fsp3) is 0.500. The highest BCUT2D eigenvalue weighted by atomic mass is 35.5. The van der Waals surface area contributed by atoms with E-state index in [4.69, 9.17) is 17.3 Å². The second kappa shape index (κ2) is 5.10. The molecule has 19 heavy (non-hydrogen) atoms. The van der Waals surface area contributed by atoms with E-state index < -0.39 is 5.82 Å². The molecule has 1 atom stereocenters. The highest BCUT2D eigenvalue weighted by Crippen LogP contribution is 2.29. The number of carbonyl (C=O) groups is 1. The molecular weight excluding hydrogens is 267 g/mol. The van der Waals surface area contributed by atoms with Gasteiger partial charge < -0.3 is 10.6 Å². The van der Waals surface area contributed by atoms with E-state index in [1.54, 1.807) is 4.90 Å². The molecule has 1 aliphatic rings. The zero-order chi connectivity index (χ0) is 14.2. The molecule has 0 aromatic heterocycles. The Hall–Kier alpha value is -1.13. The molecule has 1 aliphatic heterocycles. The minimum atomic E-state index is -0.515. The Morgan fingerprint density at radius 1 is 1.53 bits per heavy atom. The molecule has 1 fully saturated rings. The van der Waals surface area contributed by atoms with Gasteiger partial charge in [-0.3, -0.25) is 4.79 Å². The molecule has 0 saturated carbocycles. The van der Waals surface area contributed by atoms with E-state index in [9.17, 15) is 9.18 Å². The molecule has 0 aliphatic carbocycles. The summed E-state index contributed by atoms with van der Waals surface area (Å²) in [6.45, 7) is 5.32. The average molecular weight is 285 g/mol. The first-order valence-electron chi connectivity index (χ1n) is 6.31. The maximum Gasteiger partial charge on any atom is 0.253 e. The molecule has 0 radical (unpaired) electrons. The standard InChI is InChI=1S/C14H18ClFN2O/c1-14(2)8-18(6-5-12(14)17)13(19)9-3-4-11(16)10(15)7-9/h3-4,7,12H,5-6,8,17H2,1-2H3. The number of amides is 1. The minimum absolute atomic E-state index is 0.0289. The number of hydrogen-bond donors (Lipinski definition) is 1. The van der Waals surface area contributed by atoms with Crippen LogP contribution in [0.5, 0.6) is 0 Å². The second-order valence-corrected chi connectivity index (χ2v) is 6.15. The van der Waals surface area contributed by atoms with Crippen molar-refractivity contribution in [2.75, 3.05) is 13.1 Å². The molecule has 1 saturated heterocycles. The Kier molecular flexibility index (Phi) is 3.83. The highest BCUT2D eigenvalue weighted by molar-refractivity contribution is 6.31. The second-order valence-electron chi connectivity index (χ2n) is 5.74. The lowest BCUT2D eigenvalue weighted by Crippen LogP contribution is -2.54. The maximum absolute atomic E-state index is 13.1. The largest absolute Gasteiger partial charge is 0.338 e. The van der Waals surface area contributed by atoms with Crippen molar-refractivity contribution in [3.05, 3.63) is 34.6 Å². The third-order valence-corrected chi connectivity index (χ3v) is 4.06. The van der Waals surface area contributed by atoms with Crippen molar-refractivity contribution < 1.29 is 9.18 Å². The quantitative estimate of drug-likeness (QED) is 0.862. The summed E-state index contributed by atoms with van der Waals surface area (Å²) in [5, 5.41) is -0.0289. The molecule has 2 N–H and O–H groups in total. The van der Waals surface area contributed by atoms with Gasteiger partial charge in [0.2, 0.25) is 0 Å². The third kappa shape index (κ3) is 2.90. The van der Waals surface area contributed by atoms with Crippen LogP contribution in [0.3, 0.4) is 0 Å². The van der Waals surface area contributed by atoms with E-state index in [1.807, 2.05) is 0 Å². The van der Waals surface area contributed by atoms with E-state index >= 15 is 0 Å². The Balaban J connectivity index is 2.18. The monoisotopic (exact) mass is 284 g/mol. The van der Waals surface area contributed by atoms with E-state index in [1.165, 1.54) is 18.2 Å². The van der Waals surface area contributed by atoms with Crippen LogP contribution in [0.4, 0.5) is 4.39 Å². The first-order valence-corrected chi connectivity index (χ1v) is 6.69. The van der Waals surface area contributed by atoms with Crippen molar-refractivity contribution in [1.82, 2.24) is 4.90 Å². The first-order chi connectivity index (χ1) is 8.81. The summed E-state index contributed by atoms with van der Waals surface area (Å²) < 4.78 is 13.1. The Labute approximate surface area is 117 Å². The number of carbonyl (C=O) groups excluding carboxylic acids is 1.